The fourth-order valence-corrected chi connectivity index (χ4v) is 2.90. The van der Waals surface area contributed by atoms with Crippen LogP contribution in [0, 0.1) is 0 Å². The van der Waals surface area contributed by atoms with Crippen molar-refractivity contribution in [3.63, 3.8) is 0 Å². The number of ether oxygens (including phenoxy) is 1. The lowest BCUT2D eigenvalue weighted by molar-refractivity contribution is 0.197. The van der Waals surface area contributed by atoms with Gasteiger partial charge in [0.2, 0.25) is 0 Å². The Bertz CT molecular complexity index is 828. The molecule has 21 heavy (non-hydrogen) atoms. The normalized spacial score (nSPS) is 17.1. The highest BCUT2D eigenvalue weighted by molar-refractivity contribution is 6.31. The minimum absolute atomic E-state index is 0.115. The predicted octanol–water partition coefficient (Wildman–Crippen LogP) is 3.77. The van der Waals surface area contributed by atoms with Gasteiger partial charge in [0.1, 0.15) is 5.75 Å². The van der Waals surface area contributed by atoms with Crippen molar-refractivity contribution in [2.45, 2.75) is 6.10 Å². The van der Waals surface area contributed by atoms with E-state index < -0.39 is 0 Å². The van der Waals surface area contributed by atoms with Gasteiger partial charge in [0, 0.05) is 12.1 Å². The highest BCUT2D eigenvalue weighted by atomic mass is 35.5. The molecular formula is C16H14ClN3O. The number of halogens is 1. The lowest BCUT2D eigenvalue weighted by Crippen LogP contribution is -2.25. The molecule has 0 aliphatic carbocycles. The first-order valence-corrected chi connectivity index (χ1v) is 7.21. The molecule has 4 rings (SSSR count). The van der Waals surface area contributed by atoms with Crippen LogP contribution in [0.2, 0.25) is 5.02 Å². The number of anilines is 1. The maximum Gasteiger partial charge on any atom is 0.173 e. The summed E-state index contributed by atoms with van der Waals surface area (Å²) in [6.07, 6.45) is -0.115. The summed E-state index contributed by atoms with van der Waals surface area (Å²) in [6.45, 7) is 0.696. The van der Waals surface area contributed by atoms with Crippen LogP contribution in [0.15, 0.2) is 42.5 Å². The van der Waals surface area contributed by atoms with Gasteiger partial charge in [-0.25, -0.2) is 4.98 Å². The Morgan fingerprint density at radius 3 is 3.05 bits per heavy atom. The number of aryl methyl sites for hydroxylation is 1. The Kier molecular flexibility index (Phi) is 2.79. The summed E-state index contributed by atoms with van der Waals surface area (Å²) >= 11 is 6.04. The van der Waals surface area contributed by atoms with Gasteiger partial charge in [-0.3, -0.25) is 0 Å². The SMILES string of the molecule is Cn1c(C2CNc3ccccc3O2)nc2cc(Cl)ccc21. The van der Waals surface area contributed by atoms with Crippen molar-refractivity contribution < 1.29 is 4.74 Å². The van der Waals surface area contributed by atoms with Crippen LogP contribution in [0.3, 0.4) is 0 Å². The quantitative estimate of drug-likeness (QED) is 0.743. The van der Waals surface area contributed by atoms with Gasteiger partial charge in [-0.05, 0) is 30.3 Å². The Hall–Kier alpha value is -2.20. The molecule has 0 radical (unpaired) electrons. The van der Waals surface area contributed by atoms with E-state index in [-0.39, 0.29) is 6.10 Å². The standard InChI is InChI=1S/C16H14ClN3O/c1-20-13-7-6-10(17)8-12(13)19-16(20)15-9-18-11-4-2-3-5-14(11)21-15/h2-8,15,18H,9H2,1H3. The largest absolute Gasteiger partial charge is 0.478 e. The Morgan fingerprint density at radius 2 is 2.14 bits per heavy atom. The van der Waals surface area contributed by atoms with Crippen LogP contribution >= 0.6 is 11.6 Å². The molecule has 3 aromatic rings. The molecule has 1 aromatic heterocycles. The summed E-state index contributed by atoms with van der Waals surface area (Å²) < 4.78 is 8.14. The number of imidazole rings is 1. The van der Waals surface area contributed by atoms with Crippen LogP contribution in [0.4, 0.5) is 5.69 Å². The first kappa shape index (κ1) is 12.5. The van der Waals surface area contributed by atoms with Gasteiger partial charge in [0.05, 0.1) is 23.3 Å². The highest BCUT2D eigenvalue weighted by Gasteiger charge is 2.25. The maximum absolute atomic E-state index is 6.08. The fraction of sp³-hybridized carbons (Fsp3) is 0.188. The number of hydrogen-bond acceptors (Lipinski definition) is 3. The van der Waals surface area contributed by atoms with Crippen molar-refractivity contribution in [3.05, 3.63) is 53.3 Å². The van der Waals surface area contributed by atoms with Crippen LogP contribution in [0.5, 0.6) is 5.75 Å². The van der Waals surface area contributed by atoms with Gasteiger partial charge in [0.25, 0.3) is 0 Å². The Labute approximate surface area is 127 Å². The summed E-state index contributed by atoms with van der Waals surface area (Å²) in [5.41, 5.74) is 2.97. The second-order valence-electron chi connectivity index (χ2n) is 5.15. The molecule has 1 unspecified atom stereocenters. The van der Waals surface area contributed by atoms with E-state index in [0.29, 0.717) is 11.6 Å². The molecule has 106 valence electrons. The van der Waals surface area contributed by atoms with E-state index in [4.69, 9.17) is 16.3 Å². The van der Waals surface area contributed by atoms with Crippen LogP contribution in [0.25, 0.3) is 11.0 Å². The number of rotatable bonds is 1. The van der Waals surface area contributed by atoms with Crippen molar-refractivity contribution in [1.29, 1.82) is 0 Å². The van der Waals surface area contributed by atoms with E-state index in [9.17, 15) is 0 Å². The van der Waals surface area contributed by atoms with Gasteiger partial charge >= 0.3 is 0 Å². The van der Waals surface area contributed by atoms with E-state index in [1.807, 2.05) is 49.5 Å². The number of aromatic nitrogens is 2. The van der Waals surface area contributed by atoms with Gasteiger partial charge < -0.3 is 14.6 Å². The summed E-state index contributed by atoms with van der Waals surface area (Å²) in [6, 6.07) is 13.7. The number of hydrogen-bond donors (Lipinski definition) is 1. The minimum Gasteiger partial charge on any atom is -0.478 e. The number of nitrogens with zero attached hydrogens (tertiary/aromatic N) is 2. The first-order chi connectivity index (χ1) is 10.2. The first-order valence-electron chi connectivity index (χ1n) is 6.84. The molecular weight excluding hydrogens is 286 g/mol. The Morgan fingerprint density at radius 1 is 1.29 bits per heavy atom. The van der Waals surface area contributed by atoms with Gasteiger partial charge in [-0.15, -0.1) is 0 Å². The lowest BCUT2D eigenvalue weighted by Gasteiger charge is -2.26. The number of benzene rings is 2. The van der Waals surface area contributed by atoms with Gasteiger partial charge in [-0.2, -0.15) is 0 Å². The average molecular weight is 300 g/mol. The van der Waals surface area contributed by atoms with E-state index in [2.05, 4.69) is 14.9 Å². The zero-order valence-corrected chi connectivity index (χ0v) is 12.3. The van der Waals surface area contributed by atoms with Crippen LogP contribution in [-0.4, -0.2) is 16.1 Å². The predicted molar refractivity (Wildman–Crippen MR) is 84.0 cm³/mol. The zero-order valence-electron chi connectivity index (χ0n) is 11.5. The van der Waals surface area contributed by atoms with E-state index in [1.54, 1.807) is 0 Å². The van der Waals surface area contributed by atoms with Crippen molar-refractivity contribution in [1.82, 2.24) is 9.55 Å². The zero-order chi connectivity index (χ0) is 14.4. The molecule has 1 aliphatic rings. The summed E-state index contributed by atoms with van der Waals surface area (Å²) in [7, 11) is 2.00. The molecule has 4 nitrogen and oxygen atoms in total. The third-order valence-corrected chi connectivity index (χ3v) is 4.03. The molecule has 0 saturated carbocycles. The third-order valence-electron chi connectivity index (χ3n) is 3.80. The Balaban J connectivity index is 1.76. The average Bonchev–Trinajstić information content (AvgIpc) is 2.83. The summed E-state index contributed by atoms with van der Waals surface area (Å²) in [5.74, 6) is 1.76. The van der Waals surface area contributed by atoms with Gasteiger partial charge in [-0.1, -0.05) is 23.7 Å². The second-order valence-corrected chi connectivity index (χ2v) is 5.58. The number of fused-ring (bicyclic) bond motifs is 2. The molecule has 1 aliphatic heterocycles. The minimum atomic E-state index is -0.115. The fourth-order valence-electron chi connectivity index (χ4n) is 2.74. The summed E-state index contributed by atoms with van der Waals surface area (Å²) in [4.78, 5) is 4.68. The lowest BCUT2D eigenvalue weighted by atomic mass is 10.2. The molecule has 0 spiro atoms. The summed E-state index contributed by atoms with van der Waals surface area (Å²) in [5, 5.41) is 4.08. The van der Waals surface area contributed by atoms with E-state index in [0.717, 1.165) is 28.3 Å². The third kappa shape index (κ3) is 2.03. The van der Waals surface area contributed by atoms with Crippen LogP contribution in [-0.2, 0) is 7.05 Å². The molecule has 2 heterocycles. The van der Waals surface area contributed by atoms with Crippen LogP contribution in [0.1, 0.15) is 11.9 Å². The molecule has 1 N–H and O–H groups in total. The van der Waals surface area contributed by atoms with Crippen molar-refractivity contribution >= 4 is 28.3 Å². The monoisotopic (exact) mass is 299 g/mol. The molecule has 0 saturated heterocycles. The molecule has 1 atom stereocenters. The smallest absolute Gasteiger partial charge is 0.173 e. The molecule has 5 heteroatoms. The topological polar surface area (TPSA) is 39.1 Å². The highest BCUT2D eigenvalue weighted by Crippen LogP contribution is 2.34. The molecule has 0 amide bonds. The van der Waals surface area contributed by atoms with Crippen molar-refractivity contribution in [2.24, 2.45) is 7.05 Å². The second kappa shape index (κ2) is 4.67. The molecule has 0 bridgehead atoms. The number of nitrogens with one attached hydrogen (secondary N) is 1. The van der Waals surface area contributed by atoms with Crippen molar-refractivity contribution in [2.75, 3.05) is 11.9 Å². The molecule has 2 aromatic carbocycles. The van der Waals surface area contributed by atoms with E-state index in [1.165, 1.54) is 0 Å². The van der Waals surface area contributed by atoms with Crippen LogP contribution < -0.4 is 10.1 Å². The van der Waals surface area contributed by atoms with Crippen molar-refractivity contribution in [3.8, 4) is 5.75 Å². The maximum atomic E-state index is 6.08. The van der Waals surface area contributed by atoms with Gasteiger partial charge in [0.15, 0.2) is 11.9 Å². The van der Waals surface area contributed by atoms with E-state index >= 15 is 0 Å². The number of para-hydroxylation sites is 2. The molecule has 0 fully saturated rings.